The van der Waals surface area contributed by atoms with Crippen molar-refractivity contribution in [2.24, 2.45) is 0 Å². The number of thioether (sulfide) groups is 1. The van der Waals surface area contributed by atoms with Gasteiger partial charge in [-0.25, -0.2) is 0 Å². The van der Waals surface area contributed by atoms with Gasteiger partial charge in [-0.1, -0.05) is 24.3 Å². The molecule has 3 aromatic rings. The van der Waals surface area contributed by atoms with Crippen molar-refractivity contribution in [1.29, 1.82) is 0 Å². The lowest BCUT2D eigenvalue weighted by Gasteiger charge is -2.17. The maximum absolute atomic E-state index is 12.5. The molecule has 0 aliphatic rings. The molecular weight excluding hydrogens is 416 g/mol. The number of nitrogens with one attached hydrogen (secondary N) is 3. The lowest BCUT2D eigenvalue weighted by molar-refractivity contribution is -0.132. The number of nitrogens with zero attached hydrogens (tertiary/aromatic N) is 1. The minimum atomic E-state index is -0.660. The van der Waals surface area contributed by atoms with Gasteiger partial charge in [0.05, 0.1) is 18.8 Å². The van der Waals surface area contributed by atoms with Crippen LogP contribution in [0.5, 0.6) is 0 Å². The topological polar surface area (TPSA) is 111 Å². The number of amides is 3. The summed E-state index contributed by atoms with van der Waals surface area (Å²) in [5, 5.41) is 5.61. The van der Waals surface area contributed by atoms with Gasteiger partial charge in [0.1, 0.15) is 5.56 Å². The van der Waals surface area contributed by atoms with Crippen LogP contribution in [0.2, 0.25) is 0 Å². The van der Waals surface area contributed by atoms with Gasteiger partial charge in [0.25, 0.3) is 5.91 Å². The zero-order valence-corrected chi connectivity index (χ0v) is 17.9. The molecule has 2 aromatic carbocycles. The number of rotatable bonds is 7. The fraction of sp³-hybridized carbons (Fsp3) is 0.182. The quantitative estimate of drug-likeness (QED) is 0.489. The fourth-order valence-corrected chi connectivity index (χ4v) is 3.52. The third-order valence-corrected chi connectivity index (χ3v) is 5.42. The fourth-order valence-electron chi connectivity index (χ4n) is 2.96. The van der Waals surface area contributed by atoms with Gasteiger partial charge in [0.2, 0.25) is 17.2 Å². The number of benzene rings is 2. The summed E-state index contributed by atoms with van der Waals surface area (Å²) < 4.78 is 0. The highest BCUT2D eigenvalue weighted by molar-refractivity contribution is 7.98. The molecule has 0 radical (unpaired) electrons. The van der Waals surface area contributed by atoms with Crippen LogP contribution in [0.3, 0.4) is 0 Å². The summed E-state index contributed by atoms with van der Waals surface area (Å²) in [5.41, 5.74) is 0.790. The molecule has 1 heterocycles. The molecule has 0 bridgehead atoms. The molecule has 0 saturated heterocycles. The van der Waals surface area contributed by atoms with Crippen LogP contribution in [0.4, 0.5) is 5.69 Å². The van der Waals surface area contributed by atoms with Gasteiger partial charge in [0.15, 0.2) is 0 Å². The van der Waals surface area contributed by atoms with Crippen LogP contribution in [0.25, 0.3) is 10.9 Å². The molecule has 160 valence electrons. The van der Waals surface area contributed by atoms with Crippen LogP contribution in [0, 0.1) is 0 Å². The third kappa shape index (κ3) is 5.32. The molecule has 1 aromatic heterocycles. The van der Waals surface area contributed by atoms with Crippen LogP contribution in [-0.2, 0) is 9.59 Å². The number of pyridine rings is 1. The van der Waals surface area contributed by atoms with Gasteiger partial charge in [-0.05, 0) is 30.5 Å². The molecule has 3 N–H and O–H groups in total. The molecule has 0 aliphatic carbocycles. The Morgan fingerprint density at radius 3 is 2.55 bits per heavy atom. The Hall–Kier alpha value is -3.59. The number of carbonyl (C=O) groups is 3. The number of hydrogen-bond acceptors (Lipinski definition) is 5. The molecule has 0 atom stereocenters. The van der Waals surface area contributed by atoms with E-state index in [1.54, 1.807) is 30.3 Å². The summed E-state index contributed by atoms with van der Waals surface area (Å²) in [5.74, 6) is -1.47. The smallest absolute Gasteiger partial charge is 0.257 e. The van der Waals surface area contributed by atoms with Crippen molar-refractivity contribution in [3.05, 3.63) is 70.5 Å². The first-order valence-corrected chi connectivity index (χ1v) is 10.7. The summed E-state index contributed by atoms with van der Waals surface area (Å²) in [4.78, 5) is 54.5. The first-order chi connectivity index (χ1) is 14.9. The first kappa shape index (κ1) is 22.1. The Kier molecular flexibility index (Phi) is 7.09. The van der Waals surface area contributed by atoms with Crippen LogP contribution < -0.4 is 16.1 Å². The number of H-pyrrole nitrogens is 1. The number of carbonyl (C=O) groups excluding carboxylic acids is 3. The zero-order valence-electron chi connectivity index (χ0n) is 17.1. The molecule has 0 unspecified atom stereocenters. The van der Waals surface area contributed by atoms with Crippen molar-refractivity contribution in [2.45, 2.75) is 4.90 Å². The van der Waals surface area contributed by atoms with Crippen LogP contribution >= 0.6 is 11.8 Å². The number of anilines is 1. The van der Waals surface area contributed by atoms with Crippen molar-refractivity contribution in [1.82, 2.24) is 15.2 Å². The van der Waals surface area contributed by atoms with Gasteiger partial charge in [0, 0.05) is 29.0 Å². The third-order valence-electron chi connectivity index (χ3n) is 4.62. The molecule has 31 heavy (non-hydrogen) atoms. The molecular formula is C22H22N4O4S. The van der Waals surface area contributed by atoms with Gasteiger partial charge in [-0.3, -0.25) is 19.2 Å². The lowest BCUT2D eigenvalue weighted by atomic mass is 10.1. The van der Waals surface area contributed by atoms with Crippen molar-refractivity contribution >= 4 is 46.1 Å². The Morgan fingerprint density at radius 1 is 1.06 bits per heavy atom. The maximum atomic E-state index is 12.5. The van der Waals surface area contributed by atoms with Gasteiger partial charge in [-0.2, -0.15) is 0 Å². The SMILES string of the molecule is CSc1ccccc1NC(=O)CN(C)C(=O)CNC(=O)c1c[nH]c2ccccc2c1=O. The Labute approximate surface area is 183 Å². The molecule has 0 aliphatic heterocycles. The number of likely N-dealkylation sites (N-methyl/N-ethyl adjacent to an activating group) is 1. The van der Waals surface area contributed by atoms with E-state index in [9.17, 15) is 19.2 Å². The van der Waals surface area contributed by atoms with Crippen molar-refractivity contribution in [3.63, 3.8) is 0 Å². The number of hydrogen-bond donors (Lipinski definition) is 3. The summed E-state index contributed by atoms with van der Waals surface area (Å²) in [7, 11) is 1.47. The highest BCUT2D eigenvalue weighted by Crippen LogP contribution is 2.24. The molecule has 0 spiro atoms. The minimum Gasteiger partial charge on any atom is -0.360 e. The van der Waals surface area contributed by atoms with Crippen LogP contribution in [0.15, 0.2) is 64.4 Å². The van der Waals surface area contributed by atoms with E-state index in [0.717, 1.165) is 4.90 Å². The van der Waals surface area contributed by atoms with E-state index < -0.39 is 17.2 Å². The Balaban J connectivity index is 1.56. The molecule has 0 fully saturated rings. The maximum Gasteiger partial charge on any atom is 0.257 e. The van der Waals surface area contributed by atoms with Gasteiger partial charge in [-0.15, -0.1) is 11.8 Å². The van der Waals surface area contributed by atoms with Crippen LogP contribution in [-0.4, -0.2) is 54.0 Å². The largest absolute Gasteiger partial charge is 0.360 e. The van der Waals surface area contributed by atoms with E-state index in [-0.39, 0.29) is 24.6 Å². The number of para-hydroxylation sites is 2. The van der Waals surface area contributed by atoms with E-state index in [1.807, 2.05) is 24.5 Å². The average Bonchev–Trinajstić information content (AvgIpc) is 2.77. The number of fused-ring (bicyclic) bond motifs is 1. The minimum absolute atomic E-state index is 0.0828. The number of aromatic amines is 1. The average molecular weight is 439 g/mol. The van der Waals surface area contributed by atoms with E-state index in [0.29, 0.717) is 16.6 Å². The molecule has 3 amide bonds. The summed E-state index contributed by atoms with van der Waals surface area (Å²) in [6.45, 7) is -0.510. The predicted octanol–water partition coefficient (Wildman–Crippen LogP) is 2.08. The van der Waals surface area contributed by atoms with Gasteiger partial charge >= 0.3 is 0 Å². The van der Waals surface area contributed by atoms with E-state index in [2.05, 4.69) is 15.6 Å². The normalized spacial score (nSPS) is 10.5. The second kappa shape index (κ2) is 9.94. The predicted molar refractivity (Wildman–Crippen MR) is 121 cm³/mol. The Morgan fingerprint density at radius 2 is 1.77 bits per heavy atom. The second-order valence-corrected chi connectivity index (χ2v) is 7.61. The van der Waals surface area contributed by atoms with Crippen molar-refractivity contribution in [2.75, 3.05) is 31.7 Å². The molecule has 9 heteroatoms. The highest BCUT2D eigenvalue weighted by atomic mass is 32.2. The monoisotopic (exact) mass is 438 g/mol. The van der Waals surface area contributed by atoms with E-state index in [4.69, 9.17) is 0 Å². The summed E-state index contributed by atoms with van der Waals surface area (Å²) in [6.07, 6.45) is 3.23. The van der Waals surface area contributed by atoms with Crippen LogP contribution in [0.1, 0.15) is 10.4 Å². The molecule has 0 saturated carbocycles. The number of aromatic nitrogens is 1. The molecule has 8 nitrogen and oxygen atoms in total. The zero-order chi connectivity index (χ0) is 22.4. The van der Waals surface area contributed by atoms with Crippen molar-refractivity contribution in [3.8, 4) is 0 Å². The first-order valence-electron chi connectivity index (χ1n) is 9.46. The van der Waals surface area contributed by atoms with E-state index in [1.165, 1.54) is 29.9 Å². The standard InChI is InChI=1S/C22H22N4O4S/c1-26(13-19(27)25-17-9-5-6-10-18(17)31-2)20(28)12-24-22(30)15-11-23-16-8-4-3-7-14(16)21(15)29/h3-11H,12-13H2,1-2H3,(H,23,29)(H,24,30)(H,25,27). The van der Waals surface area contributed by atoms with E-state index >= 15 is 0 Å². The summed E-state index contributed by atoms with van der Waals surface area (Å²) in [6, 6.07) is 14.2. The second-order valence-electron chi connectivity index (χ2n) is 6.76. The van der Waals surface area contributed by atoms with Gasteiger partial charge < -0.3 is 20.5 Å². The Bertz CT molecular complexity index is 1190. The summed E-state index contributed by atoms with van der Waals surface area (Å²) >= 11 is 1.50. The highest BCUT2D eigenvalue weighted by Gasteiger charge is 2.17. The van der Waals surface area contributed by atoms with Crippen molar-refractivity contribution < 1.29 is 14.4 Å². The lowest BCUT2D eigenvalue weighted by Crippen LogP contribution is -2.42. The molecule has 3 rings (SSSR count).